The molecule has 90 valence electrons. The average molecular weight is 250 g/mol. The van der Waals surface area contributed by atoms with E-state index in [0.29, 0.717) is 18.8 Å². The molecule has 1 aliphatic heterocycles. The summed E-state index contributed by atoms with van der Waals surface area (Å²) in [6.45, 7) is 4.03. The van der Waals surface area contributed by atoms with Crippen molar-refractivity contribution >= 4 is 28.6 Å². The van der Waals surface area contributed by atoms with Gasteiger partial charge >= 0.3 is 0 Å². The molecule has 17 heavy (non-hydrogen) atoms. The van der Waals surface area contributed by atoms with Crippen molar-refractivity contribution in [2.45, 2.75) is 25.5 Å². The van der Waals surface area contributed by atoms with Crippen molar-refractivity contribution in [2.75, 3.05) is 11.4 Å². The lowest BCUT2D eigenvalue weighted by molar-refractivity contribution is -0.117. The van der Waals surface area contributed by atoms with Crippen molar-refractivity contribution < 1.29 is 9.59 Å². The van der Waals surface area contributed by atoms with Gasteiger partial charge in [0, 0.05) is 31.3 Å². The lowest BCUT2D eigenvalue weighted by atomic mass is 10.3. The molecule has 4 nitrogen and oxygen atoms in total. The van der Waals surface area contributed by atoms with Crippen LogP contribution in [0, 0.1) is 6.92 Å². The van der Waals surface area contributed by atoms with Crippen molar-refractivity contribution in [1.82, 2.24) is 4.98 Å². The number of anilines is 1. The molecular weight excluding hydrogens is 236 g/mol. The van der Waals surface area contributed by atoms with Crippen LogP contribution >= 0.6 is 11.8 Å². The quantitative estimate of drug-likeness (QED) is 0.802. The number of aromatic nitrogens is 1. The molecule has 1 aromatic rings. The maximum Gasteiger partial charge on any atom is 0.229 e. The highest BCUT2D eigenvalue weighted by molar-refractivity contribution is 8.14. The van der Waals surface area contributed by atoms with Gasteiger partial charge in [-0.2, -0.15) is 0 Å². The number of carbonyl (C=O) groups excluding carboxylic acids is 2. The van der Waals surface area contributed by atoms with Crippen molar-refractivity contribution in [3.8, 4) is 0 Å². The third-order valence-electron chi connectivity index (χ3n) is 2.66. The Morgan fingerprint density at radius 3 is 3.00 bits per heavy atom. The summed E-state index contributed by atoms with van der Waals surface area (Å²) in [6.07, 6.45) is 2.10. The fraction of sp³-hybridized carbons (Fsp3) is 0.417. The molecule has 1 saturated heterocycles. The van der Waals surface area contributed by atoms with Gasteiger partial charge in [0.25, 0.3) is 0 Å². The van der Waals surface area contributed by atoms with Crippen LogP contribution < -0.4 is 4.90 Å². The predicted octanol–water partition coefficient (Wildman–Crippen LogP) is 1.78. The van der Waals surface area contributed by atoms with Crippen LogP contribution in [0.4, 0.5) is 5.82 Å². The van der Waals surface area contributed by atoms with Gasteiger partial charge in [-0.25, -0.2) is 4.98 Å². The van der Waals surface area contributed by atoms with E-state index >= 15 is 0 Å². The largest absolute Gasteiger partial charge is 0.295 e. The van der Waals surface area contributed by atoms with Gasteiger partial charge in [-0.1, -0.05) is 17.8 Å². The molecule has 2 rings (SSSR count). The minimum atomic E-state index is 0.0468. The molecule has 1 atom stereocenters. The highest BCUT2D eigenvalue weighted by atomic mass is 32.2. The van der Waals surface area contributed by atoms with Crippen LogP contribution in [0.5, 0.6) is 0 Å². The van der Waals surface area contributed by atoms with Crippen LogP contribution in [-0.2, 0) is 9.59 Å². The predicted molar refractivity (Wildman–Crippen MR) is 68.0 cm³/mol. The molecule has 0 aromatic carbocycles. The normalized spacial score (nSPS) is 19.8. The molecular formula is C12H14N2O2S. The van der Waals surface area contributed by atoms with Crippen molar-refractivity contribution in [1.29, 1.82) is 0 Å². The number of hydrogen-bond acceptors (Lipinski definition) is 4. The van der Waals surface area contributed by atoms with Gasteiger partial charge < -0.3 is 0 Å². The lowest BCUT2D eigenvalue weighted by Crippen LogP contribution is -2.26. The fourth-order valence-electron chi connectivity index (χ4n) is 1.95. The summed E-state index contributed by atoms with van der Waals surface area (Å²) in [4.78, 5) is 28.8. The Kier molecular flexibility index (Phi) is 3.47. The summed E-state index contributed by atoms with van der Waals surface area (Å²) < 4.78 is 0. The zero-order valence-corrected chi connectivity index (χ0v) is 10.7. The molecule has 5 heteroatoms. The second kappa shape index (κ2) is 4.87. The summed E-state index contributed by atoms with van der Waals surface area (Å²) in [5.41, 5.74) is 0.981. The van der Waals surface area contributed by atoms with E-state index in [0.717, 1.165) is 5.56 Å². The number of thioether (sulfide) groups is 1. The van der Waals surface area contributed by atoms with Crippen LogP contribution in [0.1, 0.15) is 18.9 Å². The van der Waals surface area contributed by atoms with Gasteiger partial charge in [-0.15, -0.1) is 0 Å². The Hall–Kier alpha value is -1.36. The van der Waals surface area contributed by atoms with Crippen molar-refractivity contribution in [2.24, 2.45) is 0 Å². The molecule has 1 aromatic heterocycles. The Morgan fingerprint density at radius 2 is 2.35 bits per heavy atom. The Labute approximate surface area is 104 Å². The first kappa shape index (κ1) is 12.1. The number of nitrogens with zero attached hydrogens (tertiary/aromatic N) is 2. The number of pyridine rings is 1. The van der Waals surface area contributed by atoms with Gasteiger partial charge in [0.2, 0.25) is 5.91 Å². The van der Waals surface area contributed by atoms with Crippen molar-refractivity contribution in [3.05, 3.63) is 23.9 Å². The van der Waals surface area contributed by atoms with Gasteiger partial charge in [0.1, 0.15) is 5.82 Å². The Morgan fingerprint density at radius 1 is 1.59 bits per heavy atom. The van der Waals surface area contributed by atoms with E-state index in [1.54, 1.807) is 11.1 Å². The van der Waals surface area contributed by atoms with Gasteiger partial charge in [-0.05, 0) is 18.6 Å². The number of amides is 1. The maximum absolute atomic E-state index is 11.9. The summed E-state index contributed by atoms with van der Waals surface area (Å²) in [5.74, 6) is 0.759. The first-order valence-corrected chi connectivity index (χ1v) is 6.35. The molecule has 0 N–H and O–H groups in total. The molecule has 0 bridgehead atoms. The third-order valence-corrected chi connectivity index (χ3v) is 3.64. The highest BCUT2D eigenvalue weighted by Crippen LogP contribution is 2.28. The second-order valence-electron chi connectivity index (χ2n) is 4.08. The lowest BCUT2D eigenvalue weighted by Gasteiger charge is -2.17. The standard InChI is InChI=1S/C12H14N2O2S/c1-8-4-3-5-13-12(8)14-7-10(6-11(14)16)17-9(2)15/h3-5,10H,6-7H2,1-2H3. The molecule has 1 unspecified atom stereocenters. The summed E-state index contributed by atoms with van der Waals surface area (Å²) in [5, 5.41) is 0.115. The Balaban J connectivity index is 2.16. The van der Waals surface area contributed by atoms with E-state index in [2.05, 4.69) is 4.98 Å². The molecule has 0 aliphatic carbocycles. The van der Waals surface area contributed by atoms with E-state index in [9.17, 15) is 9.59 Å². The molecule has 0 radical (unpaired) electrons. The highest BCUT2D eigenvalue weighted by Gasteiger charge is 2.33. The SMILES string of the molecule is CC(=O)SC1CC(=O)N(c2ncccc2C)C1. The zero-order valence-electron chi connectivity index (χ0n) is 9.84. The van der Waals surface area contributed by atoms with Crippen LogP contribution in [0.15, 0.2) is 18.3 Å². The monoisotopic (exact) mass is 250 g/mol. The molecule has 1 aliphatic rings. The number of hydrogen-bond donors (Lipinski definition) is 0. The summed E-state index contributed by atoms with van der Waals surface area (Å²) in [7, 11) is 0. The smallest absolute Gasteiger partial charge is 0.229 e. The number of rotatable bonds is 2. The maximum atomic E-state index is 11.9. The average Bonchev–Trinajstić information content (AvgIpc) is 2.59. The van der Waals surface area contributed by atoms with E-state index in [1.807, 2.05) is 19.1 Å². The first-order valence-electron chi connectivity index (χ1n) is 5.47. The van der Waals surface area contributed by atoms with Crippen LogP contribution in [-0.4, -0.2) is 27.8 Å². The number of aryl methyl sites for hydroxylation is 1. The second-order valence-corrected chi connectivity index (χ2v) is 5.56. The molecule has 2 heterocycles. The van der Waals surface area contributed by atoms with E-state index in [4.69, 9.17) is 0 Å². The molecule has 1 amide bonds. The molecule has 0 spiro atoms. The summed E-state index contributed by atoms with van der Waals surface area (Å²) in [6, 6.07) is 3.78. The van der Waals surface area contributed by atoms with Crippen LogP contribution in [0.3, 0.4) is 0 Å². The molecule has 0 saturated carbocycles. The first-order chi connectivity index (χ1) is 8.08. The minimum Gasteiger partial charge on any atom is -0.295 e. The van der Waals surface area contributed by atoms with Crippen LogP contribution in [0.2, 0.25) is 0 Å². The number of carbonyl (C=O) groups is 2. The van der Waals surface area contributed by atoms with Gasteiger partial charge in [0.05, 0.1) is 0 Å². The third kappa shape index (κ3) is 2.66. The fourth-order valence-corrected chi connectivity index (χ4v) is 2.87. The topological polar surface area (TPSA) is 50.3 Å². The van der Waals surface area contributed by atoms with Crippen molar-refractivity contribution in [3.63, 3.8) is 0 Å². The van der Waals surface area contributed by atoms with E-state index in [1.165, 1.54) is 18.7 Å². The van der Waals surface area contributed by atoms with E-state index < -0.39 is 0 Å². The van der Waals surface area contributed by atoms with Crippen LogP contribution in [0.25, 0.3) is 0 Å². The molecule has 1 fully saturated rings. The zero-order chi connectivity index (χ0) is 12.4. The van der Waals surface area contributed by atoms with Gasteiger partial charge in [0.15, 0.2) is 5.12 Å². The van der Waals surface area contributed by atoms with Gasteiger partial charge in [-0.3, -0.25) is 14.5 Å². The summed E-state index contributed by atoms with van der Waals surface area (Å²) >= 11 is 1.24. The minimum absolute atomic E-state index is 0.0468. The van der Waals surface area contributed by atoms with E-state index in [-0.39, 0.29) is 16.3 Å². The Bertz CT molecular complexity index is 462.